The fourth-order valence-corrected chi connectivity index (χ4v) is 7.93. The number of hydrogen-bond donors (Lipinski definition) is 1. The highest BCUT2D eigenvalue weighted by Gasteiger charge is 2.49. The lowest BCUT2D eigenvalue weighted by molar-refractivity contribution is -0.123. The Balaban J connectivity index is 0.988. The lowest BCUT2D eigenvalue weighted by Gasteiger charge is -2.38. The normalized spacial score (nSPS) is 18.1. The minimum Gasteiger partial charge on any atom is -0.496 e. The van der Waals surface area contributed by atoms with Crippen LogP contribution in [0.5, 0.6) is 5.75 Å². The van der Waals surface area contributed by atoms with Crippen LogP contribution in [0, 0.1) is 5.92 Å². The van der Waals surface area contributed by atoms with Gasteiger partial charge in [-0.25, -0.2) is 0 Å². The second-order valence-electron chi connectivity index (χ2n) is 13.2. The molecule has 0 saturated carbocycles. The Kier molecular flexibility index (Phi) is 13.2. The Morgan fingerprint density at radius 2 is 1.60 bits per heavy atom. The molecule has 2 fully saturated rings. The minimum absolute atomic E-state index is 0.145. The molecule has 0 unspecified atom stereocenters. The molecule has 2 N–H and O–H groups in total. The molecular formula is C39H55N5O3. The van der Waals surface area contributed by atoms with Crippen LogP contribution < -0.4 is 10.5 Å². The van der Waals surface area contributed by atoms with Crippen molar-refractivity contribution in [3.05, 3.63) is 95.8 Å². The number of ether oxygens (including phenoxy) is 2. The quantitative estimate of drug-likeness (QED) is 0.187. The van der Waals surface area contributed by atoms with Crippen molar-refractivity contribution in [2.45, 2.75) is 63.5 Å². The van der Waals surface area contributed by atoms with E-state index in [1.165, 1.54) is 12.8 Å². The zero-order valence-corrected chi connectivity index (χ0v) is 28.6. The van der Waals surface area contributed by atoms with Crippen molar-refractivity contribution in [1.29, 1.82) is 0 Å². The van der Waals surface area contributed by atoms with E-state index in [2.05, 4.69) is 50.9 Å². The van der Waals surface area contributed by atoms with Crippen LogP contribution in [0.3, 0.4) is 0 Å². The number of likely N-dealkylation sites (tertiary alicyclic amines) is 2. The molecule has 0 spiro atoms. The molecule has 254 valence electrons. The minimum atomic E-state index is -0.817. The van der Waals surface area contributed by atoms with Crippen molar-refractivity contribution >= 4 is 5.91 Å². The summed E-state index contributed by atoms with van der Waals surface area (Å²) in [5, 5.41) is 0. The zero-order valence-electron chi connectivity index (χ0n) is 28.6. The molecule has 1 amide bonds. The SMILES string of the molecule is CCN(CCOCCCCCN1CC[C@@H](C(C(N)=O)(c2ccccc2)c2ccccc2)C1)C1CCN(Cc2cnccc2OC)CC1. The number of piperidine rings is 1. The number of carbonyl (C=O) groups excluding carboxylic acids is 1. The van der Waals surface area contributed by atoms with Crippen molar-refractivity contribution < 1.29 is 14.3 Å². The number of pyridine rings is 1. The number of unbranched alkanes of at least 4 members (excludes halogenated alkanes) is 2. The van der Waals surface area contributed by atoms with E-state index in [1.54, 1.807) is 13.3 Å². The molecule has 2 saturated heterocycles. The molecule has 2 aliphatic rings. The first-order valence-corrected chi connectivity index (χ1v) is 17.7. The molecule has 47 heavy (non-hydrogen) atoms. The van der Waals surface area contributed by atoms with Gasteiger partial charge in [-0.15, -0.1) is 0 Å². The van der Waals surface area contributed by atoms with Gasteiger partial charge in [-0.05, 0) is 94.4 Å². The second-order valence-corrected chi connectivity index (χ2v) is 13.2. The average Bonchev–Trinajstić information content (AvgIpc) is 3.58. The van der Waals surface area contributed by atoms with E-state index >= 15 is 0 Å². The van der Waals surface area contributed by atoms with Gasteiger partial charge in [0.25, 0.3) is 0 Å². The number of benzene rings is 2. The number of amides is 1. The van der Waals surface area contributed by atoms with Crippen molar-refractivity contribution in [3.8, 4) is 5.75 Å². The maximum Gasteiger partial charge on any atom is 0.232 e. The Bertz CT molecular complexity index is 1310. The maximum absolute atomic E-state index is 13.3. The summed E-state index contributed by atoms with van der Waals surface area (Å²) < 4.78 is 11.6. The van der Waals surface area contributed by atoms with E-state index in [0.29, 0.717) is 6.04 Å². The second kappa shape index (κ2) is 17.7. The number of carbonyl (C=O) groups is 1. The summed E-state index contributed by atoms with van der Waals surface area (Å²) in [4.78, 5) is 25.3. The molecule has 5 rings (SSSR count). The van der Waals surface area contributed by atoms with Gasteiger partial charge in [-0.2, -0.15) is 0 Å². The molecule has 1 aromatic heterocycles. The smallest absolute Gasteiger partial charge is 0.232 e. The standard InChI is InChI=1S/C39H55N5O3/c1-3-44(36-19-24-43(25-20-36)30-32-29-41-21-17-37(32)46-2)26-28-47-27-12-6-11-22-42-23-18-35(31-42)39(38(40)45,33-13-7-4-8-14-33)34-15-9-5-10-16-34/h4-5,7-10,13-17,21,29,35-36H,3,6,11-12,18-20,22-28,30-31H2,1-2H3,(H2,40,45)/t35-/m1/s1. The highest BCUT2D eigenvalue weighted by Crippen LogP contribution is 2.43. The van der Waals surface area contributed by atoms with E-state index < -0.39 is 5.41 Å². The molecular weight excluding hydrogens is 586 g/mol. The van der Waals surface area contributed by atoms with Crippen LogP contribution in [0.25, 0.3) is 0 Å². The van der Waals surface area contributed by atoms with Gasteiger partial charge < -0.3 is 20.1 Å². The fourth-order valence-electron chi connectivity index (χ4n) is 7.93. The summed E-state index contributed by atoms with van der Waals surface area (Å²) >= 11 is 0. The average molecular weight is 642 g/mol. The highest BCUT2D eigenvalue weighted by atomic mass is 16.5. The Morgan fingerprint density at radius 3 is 2.23 bits per heavy atom. The van der Waals surface area contributed by atoms with Crippen molar-refractivity contribution in [3.63, 3.8) is 0 Å². The predicted octanol–water partition coefficient (Wildman–Crippen LogP) is 5.36. The van der Waals surface area contributed by atoms with Gasteiger partial charge in [0.15, 0.2) is 0 Å². The van der Waals surface area contributed by atoms with E-state index in [9.17, 15) is 4.79 Å². The van der Waals surface area contributed by atoms with Crippen LogP contribution in [0.4, 0.5) is 0 Å². The molecule has 2 aromatic carbocycles. The molecule has 0 radical (unpaired) electrons. The summed E-state index contributed by atoms with van der Waals surface area (Å²) in [5.74, 6) is 0.812. The molecule has 3 heterocycles. The van der Waals surface area contributed by atoms with Crippen molar-refractivity contribution in [1.82, 2.24) is 19.7 Å². The number of aromatic nitrogens is 1. The molecule has 1 atom stereocenters. The van der Waals surface area contributed by atoms with Crippen LogP contribution in [0.1, 0.15) is 62.1 Å². The fraction of sp³-hybridized carbons (Fsp3) is 0.538. The Morgan fingerprint density at radius 1 is 0.915 bits per heavy atom. The van der Waals surface area contributed by atoms with Gasteiger partial charge >= 0.3 is 0 Å². The topological polar surface area (TPSA) is 84.2 Å². The van der Waals surface area contributed by atoms with E-state index in [0.717, 1.165) is 114 Å². The Hall–Kier alpha value is -3.30. The molecule has 8 nitrogen and oxygen atoms in total. The summed E-state index contributed by atoms with van der Waals surface area (Å²) in [7, 11) is 1.73. The number of methoxy groups -OCH3 is 1. The van der Waals surface area contributed by atoms with Gasteiger partial charge in [0, 0.05) is 50.2 Å². The summed E-state index contributed by atoms with van der Waals surface area (Å²) in [6.07, 6.45) is 10.4. The number of nitrogens with zero attached hydrogens (tertiary/aromatic N) is 4. The molecule has 8 heteroatoms. The zero-order chi connectivity index (χ0) is 32.9. The first-order chi connectivity index (χ1) is 23.1. The third-order valence-electron chi connectivity index (χ3n) is 10.5. The Labute approximate surface area is 282 Å². The summed E-state index contributed by atoms with van der Waals surface area (Å²) in [6, 6.07) is 22.9. The molecule has 0 bridgehead atoms. The van der Waals surface area contributed by atoms with E-state index in [-0.39, 0.29) is 11.8 Å². The number of hydrogen-bond acceptors (Lipinski definition) is 7. The van der Waals surface area contributed by atoms with Crippen LogP contribution in [-0.4, -0.2) is 97.8 Å². The third kappa shape index (κ3) is 8.79. The number of likely N-dealkylation sites (N-methyl/N-ethyl adjacent to an activating group) is 1. The largest absolute Gasteiger partial charge is 0.496 e. The molecule has 2 aliphatic heterocycles. The molecule has 3 aromatic rings. The number of primary amides is 1. The van der Waals surface area contributed by atoms with Crippen molar-refractivity contribution in [2.75, 3.05) is 66.1 Å². The summed E-state index contributed by atoms with van der Waals surface area (Å²) in [6.45, 7) is 12.0. The van der Waals surface area contributed by atoms with Crippen LogP contribution in [-0.2, 0) is 21.5 Å². The molecule has 0 aliphatic carbocycles. The van der Waals surface area contributed by atoms with Gasteiger partial charge in [-0.3, -0.25) is 19.6 Å². The van der Waals surface area contributed by atoms with Crippen LogP contribution >= 0.6 is 0 Å². The predicted molar refractivity (Wildman–Crippen MR) is 188 cm³/mol. The van der Waals surface area contributed by atoms with E-state index in [1.807, 2.05) is 48.7 Å². The monoisotopic (exact) mass is 641 g/mol. The first kappa shape index (κ1) is 35.0. The first-order valence-electron chi connectivity index (χ1n) is 17.7. The van der Waals surface area contributed by atoms with Gasteiger partial charge in [0.2, 0.25) is 5.91 Å². The number of nitrogens with two attached hydrogens (primary N) is 1. The van der Waals surface area contributed by atoms with Crippen LogP contribution in [0.2, 0.25) is 0 Å². The third-order valence-corrected chi connectivity index (χ3v) is 10.5. The lowest BCUT2D eigenvalue weighted by atomic mass is 9.64. The van der Waals surface area contributed by atoms with Gasteiger partial charge in [0.1, 0.15) is 11.2 Å². The van der Waals surface area contributed by atoms with Crippen molar-refractivity contribution in [2.24, 2.45) is 11.7 Å². The van der Waals surface area contributed by atoms with Crippen LogP contribution in [0.15, 0.2) is 79.1 Å². The van der Waals surface area contributed by atoms with Gasteiger partial charge in [-0.1, -0.05) is 67.6 Å². The lowest BCUT2D eigenvalue weighted by Crippen LogP contribution is -2.49. The summed E-state index contributed by atoms with van der Waals surface area (Å²) in [5.41, 5.74) is 8.61. The maximum atomic E-state index is 13.3. The number of rotatable bonds is 18. The highest BCUT2D eigenvalue weighted by molar-refractivity contribution is 5.91. The van der Waals surface area contributed by atoms with E-state index in [4.69, 9.17) is 15.2 Å². The van der Waals surface area contributed by atoms with Gasteiger partial charge in [0.05, 0.1) is 13.7 Å².